The van der Waals surface area contributed by atoms with Crippen LogP contribution in [0.15, 0.2) is 42.5 Å². The number of nitrogens with zero attached hydrogens (tertiary/aromatic N) is 1. The number of likely N-dealkylation sites (N-methyl/N-ethyl adjacent to an activating group) is 1. The third-order valence-electron chi connectivity index (χ3n) is 5.65. The van der Waals surface area contributed by atoms with Gasteiger partial charge in [0, 0.05) is 19.5 Å². The molecule has 2 amide bonds. The molecule has 0 radical (unpaired) electrons. The van der Waals surface area contributed by atoms with Crippen molar-refractivity contribution in [2.24, 2.45) is 0 Å². The number of carbonyl (C=O) groups excluding carboxylic acids is 2. The minimum atomic E-state index is -0.530. The van der Waals surface area contributed by atoms with Gasteiger partial charge in [0.25, 0.3) is 5.91 Å². The van der Waals surface area contributed by atoms with Crippen LogP contribution < -0.4 is 10.1 Å². The number of ether oxygens (including phenoxy) is 1. The van der Waals surface area contributed by atoms with E-state index in [1.54, 1.807) is 0 Å². The Morgan fingerprint density at radius 1 is 1.13 bits per heavy atom. The Morgan fingerprint density at radius 2 is 1.87 bits per heavy atom. The lowest BCUT2D eigenvalue weighted by molar-refractivity contribution is -0.133. The van der Waals surface area contributed by atoms with Crippen LogP contribution in [0.4, 0.5) is 0 Å². The summed E-state index contributed by atoms with van der Waals surface area (Å²) < 4.78 is 6.05. The molecule has 2 aromatic rings. The first-order valence-electron chi connectivity index (χ1n) is 10.9. The fourth-order valence-electron chi connectivity index (χ4n) is 4.02. The second kappa shape index (κ2) is 9.79. The van der Waals surface area contributed by atoms with Gasteiger partial charge >= 0.3 is 0 Å². The number of carbonyl (C=O) groups is 2. The smallest absolute Gasteiger partial charge is 0.261 e. The Kier molecular flexibility index (Phi) is 7.14. The molecule has 160 valence electrons. The maximum absolute atomic E-state index is 12.7. The predicted molar refractivity (Wildman–Crippen MR) is 119 cm³/mol. The van der Waals surface area contributed by atoms with Gasteiger partial charge in [-0.25, -0.2) is 0 Å². The first kappa shape index (κ1) is 21.9. The fraction of sp³-hybridized carbons (Fsp3) is 0.440. The topological polar surface area (TPSA) is 58.6 Å². The minimum Gasteiger partial charge on any atom is -0.481 e. The summed E-state index contributed by atoms with van der Waals surface area (Å²) in [4.78, 5) is 27.0. The number of nitrogens with one attached hydrogen (secondary N) is 1. The third-order valence-corrected chi connectivity index (χ3v) is 5.65. The zero-order chi connectivity index (χ0) is 21.7. The number of fused-ring (bicyclic) bond motifs is 1. The Balaban J connectivity index is 1.99. The molecule has 0 aromatic heterocycles. The van der Waals surface area contributed by atoms with E-state index >= 15 is 0 Å². The average molecular weight is 409 g/mol. The average Bonchev–Trinajstić information content (AvgIpc) is 2.76. The molecule has 2 aromatic carbocycles. The second-order valence-corrected chi connectivity index (χ2v) is 7.77. The van der Waals surface area contributed by atoms with Crippen molar-refractivity contribution in [2.75, 3.05) is 13.1 Å². The second-order valence-electron chi connectivity index (χ2n) is 7.77. The quantitative estimate of drug-likeness (QED) is 0.748. The summed E-state index contributed by atoms with van der Waals surface area (Å²) in [7, 11) is 0. The van der Waals surface area contributed by atoms with Crippen molar-refractivity contribution in [3.63, 3.8) is 0 Å². The van der Waals surface area contributed by atoms with Crippen molar-refractivity contribution < 1.29 is 14.3 Å². The highest BCUT2D eigenvalue weighted by molar-refractivity contribution is 5.81. The number of aryl methyl sites for hydroxylation is 1. The van der Waals surface area contributed by atoms with Crippen molar-refractivity contribution in [1.29, 1.82) is 0 Å². The van der Waals surface area contributed by atoms with E-state index in [-0.39, 0.29) is 17.9 Å². The monoisotopic (exact) mass is 408 g/mol. The molecule has 0 aliphatic carbocycles. The summed E-state index contributed by atoms with van der Waals surface area (Å²) in [6.07, 6.45) is 1.35. The lowest BCUT2D eigenvalue weighted by Crippen LogP contribution is -2.40. The van der Waals surface area contributed by atoms with E-state index in [4.69, 9.17) is 4.74 Å². The van der Waals surface area contributed by atoms with Crippen LogP contribution in [0.5, 0.6) is 5.75 Å². The van der Waals surface area contributed by atoms with Crippen molar-refractivity contribution in [3.8, 4) is 5.75 Å². The van der Waals surface area contributed by atoms with Gasteiger partial charge in [0.05, 0.1) is 6.04 Å². The van der Waals surface area contributed by atoms with E-state index in [9.17, 15) is 9.59 Å². The van der Waals surface area contributed by atoms with Crippen LogP contribution in [-0.4, -0.2) is 35.9 Å². The molecule has 3 rings (SSSR count). The van der Waals surface area contributed by atoms with Crippen LogP contribution in [0.2, 0.25) is 0 Å². The summed E-state index contributed by atoms with van der Waals surface area (Å²) in [5.74, 6) is 0.705. The summed E-state index contributed by atoms with van der Waals surface area (Å²) in [5, 5.41) is 2.83. The highest BCUT2D eigenvalue weighted by Crippen LogP contribution is 2.37. The van der Waals surface area contributed by atoms with Gasteiger partial charge in [-0.3, -0.25) is 9.59 Å². The lowest BCUT2D eigenvalue weighted by atomic mass is 9.87. The number of rotatable bonds is 7. The van der Waals surface area contributed by atoms with Crippen molar-refractivity contribution in [1.82, 2.24) is 10.2 Å². The van der Waals surface area contributed by atoms with Gasteiger partial charge in [-0.2, -0.15) is 0 Å². The molecule has 0 fully saturated rings. The summed E-state index contributed by atoms with van der Waals surface area (Å²) in [5.41, 5.74) is 4.58. The van der Waals surface area contributed by atoms with E-state index < -0.39 is 6.10 Å². The third kappa shape index (κ3) is 4.66. The molecule has 0 bridgehead atoms. The van der Waals surface area contributed by atoms with Crippen LogP contribution in [0, 0.1) is 6.92 Å². The van der Waals surface area contributed by atoms with Gasteiger partial charge in [-0.05, 0) is 55.5 Å². The molecule has 0 spiro atoms. The van der Waals surface area contributed by atoms with E-state index in [1.807, 2.05) is 37.8 Å². The maximum Gasteiger partial charge on any atom is 0.261 e. The zero-order valence-electron chi connectivity index (χ0n) is 18.4. The van der Waals surface area contributed by atoms with Crippen LogP contribution in [0.25, 0.3) is 0 Å². The Labute approximate surface area is 179 Å². The van der Waals surface area contributed by atoms with Gasteiger partial charge in [-0.1, -0.05) is 49.7 Å². The number of amides is 2. The van der Waals surface area contributed by atoms with E-state index in [2.05, 4.69) is 42.6 Å². The Bertz CT molecular complexity index is 892. The molecule has 5 heteroatoms. The summed E-state index contributed by atoms with van der Waals surface area (Å²) in [6.45, 7) is 9.08. The van der Waals surface area contributed by atoms with E-state index in [0.29, 0.717) is 31.7 Å². The van der Waals surface area contributed by atoms with Gasteiger partial charge < -0.3 is 15.0 Å². The SMILES string of the molecule is CCNC(=O)[C@H](CC)Oc1ccc2c(c1)[C@H](c1ccc(C)cc1)N(C(=O)CC)CC2. The van der Waals surface area contributed by atoms with Crippen LogP contribution in [-0.2, 0) is 16.0 Å². The lowest BCUT2D eigenvalue weighted by Gasteiger charge is -2.38. The molecule has 1 N–H and O–H groups in total. The maximum atomic E-state index is 12.7. The van der Waals surface area contributed by atoms with Gasteiger partial charge in [0.1, 0.15) is 5.75 Å². The minimum absolute atomic E-state index is 0.101. The van der Waals surface area contributed by atoms with E-state index in [0.717, 1.165) is 17.5 Å². The molecule has 1 aliphatic rings. The van der Waals surface area contributed by atoms with Crippen LogP contribution >= 0.6 is 0 Å². The molecule has 2 atom stereocenters. The van der Waals surface area contributed by atoms with Gasteiger partial charge in [0.15, 0.2) is 6.10 Å². The van der Waals surface area contributed by atoms with Crippen molar-refractivity contribution in [2.45, 2.75) is 59.1 Å². The molecular weight excluding hydrogens is 376 g/mol. The van der Waals surface area contributed by atoms with Gasteiger partial charge in [-0.15, -0.1) is 0 Å². The van der Waals surface area contributed by atoms with Crippen LogP contribution in [0.3, 0.4) is 0 Å². The summed E-state index contributed by atoms with van der Waals surface area (Å²) >= 11 is 0. The number of benzene rings is 2. The van der Waals surface area contributed by atoms with Crippen LogP contribution in [0.1, 0.15) is 61.9 Å². The first-order chi connectivity index (χ1) is 14.5. The molecule has 1 heterocycles. The largest absolute Gasteiger partial charge is 0.481 e. The zero-order valence-corrected chi connectivity index (χ0v) is 18.4. The summed E-state index contributed by atoms with van der Waals surface area (Å²) in [6, 6.07) is 14.2. The predicted octanol–water partition coefficient (Wildman–Crippen LogP) is 4.17. The number of hydrogen-bond donors (Lipinski definition) is 1. The first-order valence-corrected chi connectivity index (χ1v) is 10.9. The molecule has 0 saturated heterocycles. The molecule has 1 aliphatic heterocycles. The molecule has 5 nitrogen and oxygen atoms in total. The Hall–Kier alpha value is -2.82. The van der Waals surface area contributed by atoms with Crippen molar-refractivity contribution >= 4 is 11.8 Å². The Morgan fingerprint density at radius 3 is 2.50 bits per heavy atom. The highest BCUT2D eigenvalue weighted by atomic mass is 16.5. The normalized spacial score (nSPS) is 16.5. The standard InChI is InChI=1S/C25H32N2O3/c1-5-22(25(29)26-7-3)30-20-13-12-18-14-15-27(23(28)6-2)24(21(18)16-20)19-10-8-17(4)9-11-19/h8-13,16,22,24H,5-7,14-15H2,1-4H3,(H,26,29)/t22-,24-/m0/s1. The molecule has 30 heavy (non-hydrogen) atoms. The van der Waals surface area contributed by atoms with Gasteiger partial charge in [0.2, 0.25) is 5.91 Å². The molecule has 0 saturated carbocycles. The highest BCUT2D eigenvalue weighted by Gasteiger charge is 2.32. The van der Waals surface area contributed by atoms with E-state index in [1.165, 1.54) is 11.1 Å². The number of hydrogen-bond acceptors (Lipinski definition) is 3. The molecular formula is C25H32N2O3. The molecule has 0 unspecified atom stereocenters. The van der Waals surface area contributed by atoms with Crippen molar-refractivity contribution in [3.05, 3.63) is 64.7 Å². The fourth-order valence-corrected chi connectivity index (χ4v) is 4.02.